The Hall–Kier alpha value is -6.78. The van der Waals surface area contributed by atoms with E-state index in [4.69, 9.17) is 14.4 Å². The third-order valence-corrected chi connectivity index (χ3v) is 9.63. The summed E-state index contributed by atoms with van der Waals surface area (Å²) in [6, 6.07) is 61.6. The van der Waals surface area contributed by atoms with Gasteiger partial charge < -0.3 is 8.98 Å². The average molecular weight is 640 g/mol. The van der Waals surface area contributed by atoms with Crippen molar-refractivity contribution in [3.05, 3.63) is 176 Å². The van der Waals surface area contributed by atoms with Crippen LogP contribution < -0.4 is 0 Å². The van der Waals surface area contributed by atoms with Gasteiger partial charge in [-0.15, -0.1) is 0 Å². The average Bonchev–Trinajstić information content (AvgIpc) is 3.74. The third kappa shape index (κ3) is 4.54. The predicted molar refractivity (Wildman–Crippen MR) is 205 cm³/mol. The maximum Gasteiger partial charge on any atom is 0.231 e. The highest BCUT2D eigenvalue weighted by atomic mass is 16.3. The van der Waals surface area contributed by atoms with Gasteiger partial charge in [0.05, 0.1) is 22.1 Å². The fraction of sp³-hybridized carbons (Fsp3) is 0. The number of nitrogens with zero attached hydrogens (tertiary/aromatic N) is 3. The fourth-order valence-electron chi connectivity index (χ4n) is 7.38. The van der Waals surface area contributed by atoms with Crippen molar-refractivity contribution in [1.82, 2.24) is 14.5 Å². The second-order valence-corrected chi connectivity index (χ2v) is 12.6. The normalized spacial score (nSPS) is 11.6. The zero-order chi connectivity index (χ0) is 33.0. The summed E-state index contributed by atoms with van der Waals surface area (Å²) in [7, 11) is 0. The van der Waals surface area contributed by atoms with Crippen molar-refractivity contribution in [2.45, 2.75) is 0 Å². The van der Waals surface area contributed by atoms with Crippen LogP contribution in [0.4, 0.5) is 0 Å². The van der Waals surface area contributed by atoms with Crippen LogP contribution in [0.5, 0.6) is 0 Å². The molecule has 10 rings (SSSR count). The lowest BCUT2D eigenvalue weighted by atomic mass is 9.97. The van der Waals surface area contributed by atoms with Gasteiger partial charge in [-0.2, -0.15) is 4.98 Å². The Balaban J connectivity index is 1.16. The lowest BCUT2D eigenvalue weighted by molar-refractivity contribution is 0.653. The van der Waals surface area contributed by atoms with Crippen LogP contribution in [0.15, 0.2) is 180 Å². The number of rotatable bonds is 5. The number of fused-ring (bicyclic) bond motifs is 6. The summed E-state index contributed by atoms with van der Waals surface area (Å²) < 4.78 is 8.71. The summed E-state index contributed by atoms with van der Waals surface area (Å²) in [5.41, 5.74) is 12.3. The van der Waals surface area contributed by atoms with Crippen molar-refractivity contribution in [1.29, 1.82) is 0 Å². The van der Waals surface area contributed by atoms with Crippen molar-refractivity contribution in [2.24, 2.45) is 0 Å². The number of aromatic nitrogens is 3. The van der Waals surface area contributed by atoms with E-state index in [-0.39, 0.29) is 0 Å². The van der Waals surface area contributed by atoms with Gasteiger partial charge in [-0.1, -0.05) is 140 Å². The Morgan fingerprint density at radius 3 is 1.92 bits per heavy atom. The Labute approximate surface area is 288 Å². The molecule has 0 fully saturated rings. The fourth-order valence-corrected chi connectivity index (χ4v) is 7.38. The lowest BCUT2D eigenvalue weighted by Crippen LogP contribution is -1.95. The van der Waals surface area contributed by atoms with Crippen LogP contribution >= 0.6 is 0 Å². The van der Waals surface area contributed by atoms with E-state index in [1.54, 1.807) is 0 Å². The Bertz CT molecular complexity index is 2870. The summed E-state index contributed by atoms with van der Waals surface area (Å²) in [5, 5.41) is 4.36. The van der Waals surface area contributed by atoms with Gasteiger partial charge in [0.25, 0.3) is 0 Å². The molecule has 0 saturated heterocycles. The number of furan rings is 1. The monoisotopic (exact) mass is 639 g/mol. The van der Waals surface area contributed by atoms with Crippen LogP contribution in [0.3, 0.4) is 0 Å². The first kappa shape index (κ1) is 28.3. The van der Waals surface area contributed by atoms with Gasteiger partial charge in [0.2, 0.25) is 5.71 Å². The van der Waals surface area contributed by atoms with E-state index in [1.165, 1.54) is 27.4 Å². The van der Waals surface area contributed by atoms with Gasteiger partial charge in [0.1, 0.15) is 5.58 Å². The number of hydrogen-bond donors (Lipinski definition) is 0. The summed E-state index contributed by atoms with van der Waals surface area (Å²) in [5.74, 6) is 0.629. The van der Waals surface area contributed by atoms with E-state index in [1.807, 2.05) is 36.4 Å². The molecule has 0 amide bonds. The summed E-state index contributed by atoms with van der Waals surface area (Å²) in [6.07, 6.45) is 0. The highest BCUT2D eigenvalue weighted by molar-refractivity contribution is 6.16. The molecule has 0 aliphatic carbocycles. The lowest BCUT2D eigenvalue weighted by Gasteiger charge is -2.11. The minimum Gasteiger partial charge on any atom is -0.438 e. The Kier molecular flexibility index (Phi) is 6.46. The van der Waals surface area contributed by atoms with Crippen LogP contribution in [0.2, 0.25) is 0 Å². The largest absolute Gasteiger partial charge is 0.438 e. The van der Waals surface area contributed by atoms with Gasteiger partial charge in [-0.25, -0.2) is 4.98 Å². The maximum absolute atomic E-state index is 6.32. The standard InChI is InChI=1S/C46H29N3O/c1-3-14-30(15-4-1)32-18-12-21-35(29-32)49-39-25-9-7-22-37(39)42-36(24-13-26-40(42)49)33-19-11-20-34(28-33)45-47-44(31-16-5-2-6-17-31)43-38-23-8-10-27-41(38)50-46(43)48-45/h1-29H. The van der Waals surface area contributed by atoms with Gasteiger partial charge in [0.15, 0.2) is 5.82 Å². The maximum atomic E-state index is 6.32. The first-order valence-corrected chi connectivity index (χ1v) is 16.8. The molecular formula is C46H29N3O. The topological polar surface area (TPSA) is 43.9 Å². The Morgan fingerprint density at radius 2 is 1.06 bits per heavy atom. The molecule has 0 bridgehead atoms. The predicted octanol–water partition coefficient (Wildman–Crippen LogP) is 12.1. The molecule has 0 saturated carbocycles. The van der Waals surface area contributed by atoms with Gasteiger partial charge in [-0.3, -0.25) is 0 Å². The van der Waals surface area contributed by atoms with Gasteiger partial charge in [-0.05, 0) is 58.7 Å². The summed E-state index contributed by atoms with van der Waals surface area (Å²) >= 11 is 0. The highest BCUT2D eigenvalue weighted by Gasteiger charge is 2.20. The number of benzene rings is 7. The number of hydrogen-bond acceptors (Lipinski definition) is 3. The molecule has 0 unspecified atom stereocenters. The molecular weight excluding hydrogens is 611 g/mol. The van der Waals surface area contributed by atoms with Crippen LogP contribution in [0.1, 0.15) is 0 Å². The first-order chi connectivity index (χ1) is 24.8. The van der Waals surface area contributed by atoms with Crippen LogP contribution in [0.25, 0.3) is 94.5 Å². The molecule has 0 aliphatic heterocycles. The SMILES string of the molecule is c1ccc(-c2cccc(-n3c4ccccc4c4c(-c5cccc(-c6nc(-c7ccccc7)c7c(n6)oc6ccccc67)c5)cccc43)c2)cc1. The minimum atomic E-state index is 0.586. The molecule has 4 heteroatoms. The smallest absolute Gasteiger partial charge is 0.231 e. The van der Waals surface area contributed by atoms with Crippen molar-refractivity contribution >= 4 is 43.9 Å². The first-order valence-electron chi connectivity index (χ1n) is 16.8. The molecule has 0 N–H and O–H groups in total. The molecule has 0 radical (unpaired) electrons. The van der Waals surface area contributed by atoms with E-state index >= 15 is 0 Å². The van der Waals surface area contributed by atoms with Crippen molar-refractivity contribution in [3.8, 4) is 50.6 Å². The van der Waals surface area contributed by atoms with Crippen LogP contribution in [-0.4, -0.2) is 14.5 Å². The van der Waals surface area contributed by atoms with Gasteiger partial charge >= 0.3 is 0 Å². The number of para-hydroxylation sites is 2. The molecule has 0 aliphatic rings. The van der Waals surface area contributed by atoms with Crippen molar-refractivity contribution in [2.75, 3.05) is 0 Å². The molecule has 3 heterocycles. The summed E-state index contributed by atoms with van der Waals surface area (Å²) in [6.45, 7) is 0. The minimum absolute atomic E-state index is 0.586. The second kappa shape index (κ2) is 11.4. The third-order valence-electron chi connectivity index (χ3n) is 9.63. The van der Waals surface area contributed by atoms with E-state index in [0.717, 1.165) is 55.5 Å². The van der Waals surface area contributed by atoms with E-state index in [2.05, 4.69) is 144 Å². The van der Waals surface area contributed by atoms with Crippen LogP contribution in [0, 0.1) is 0 Å². The molecule has 4 nitrogen and oxygen atoms in total. The van der Waals surface area contributed by atoms with E-state index in [9.17, 15) is 0 Å². The molecule has 10 aromatic rings. The molecule has 3 aromatic heterocycles. The van der Waals surface area contributed by atoms with E-state index < -0.39 is 0 Å². The van der Waals surface area contributed by atoms with Crippen molar-refractivity contribution in [3.63, 3.8) is 0 Å². The molecule has 0 spiro atoms. The zero-order valence-corrected chi connectivity index (χ0v) is 27.0. The molecule has 0 atom stereocenters. The zero-order valence-electron chi connectivity index (χ0n) is 27.0. The molecule has 234 valence electrons. The Morgan fingerprint density at radius 1 is 0.420 bits per heavy atom. The summed E-state index contributed by atoms with van der Waals surface area (Å²) in [4.78, 5) is 10.2. The second-order valence-electron chi connectivity index (χ2n) is 12.6. The highest BCUT2D eigenvalue weighted by Crippen LogP contribution is 2.41. The van der Waals surface area contributed by atoms with Crippen LogP contribution in [-0.2, 0) is 0 Å². The quantitative estimate of drug-likeness (QED) is 0.188. The molecule has 7 aromatic carbocycles. The van der Waals surface area contributed by atoms with E-state index in [0.29, 0.717) is 11.5 Å². The van der Waals surface area contributed by atoms with Gasteiger partial charge in [0, 0.05) is 33.0 Å². The molecule has 50 heavy (non-hydrogen) atoms. The van der Waals surface area contributed by atoms with Crippen molar-refractivity contribution < 1.29 is 4.42 Å².